The fraction of sp³-hybridized carbons (Fsp3) is 0.400. The standard InChI is InChI=1S/C25H28ClN3O/c26-20-7-8-23-21(16-20)22(17-27-23)18-10-14-28(15-11-18)12-3-13-29-24-5-2-1-4-19(24)6-9-25(29)30/h1-2,4-5,7-8,16-18,27H,3,6,9-15H2. The molecular weight excluding hydrogens is 394 g/mol. The van der Waals surface area contributed by atoms with Crippen LogP contribution < -0.4 is 4.90 Å². The monoisotopic (exact) mass is 421 g/mol. The Labute approximate surface area is 182 Å². The molecule has 30 heavy (non-hydrogen) atoms. The maximum atomic E-state index is 12.4. The summed E-state index contributed by atoms with van der Waals surface area (Å²) in [5, 5.41) is 2.07. The Balaban J connectivity index is 1.16. The number of likely N-dealkylation sites (tertiary alicyclic amines) is 1. The van der Waals surface area contributed by atoms with Gasteiger partial charge in [-0.25, -0.2) is 0 Å². The smallest absolute Gasteiger partial charge is 0.227 e. The van der Waals surface area contributed by atoms with Gasteiger partial charge in [-0.05, 0) is 86.6 Å². The molecule has 1 aromatic heterocycles. The highest BCUT2D eigenvalue weighted by molar-refractivity contribution is 6.31. The van der Waals surface area contributed by atoms with Crippen LogP contribution >= 0.6 is 11.6 Å². The minimum atomic E-state index is 0.269. The van der Waals surface area contributed by atoms with E-state index in [1.807, 2.05) is 17.0 Å². The number of hydrogen-bond donors (Lipinski definition) is 1. The molecular formula is C25H28ClN3O. The van der Waals surface area contributed by atoms with Crippen LogP contribution in [0.3, 0.4) is 0 Å². The summed E-state index contributed by atoms with van der Waals surface area (Å²) in [4.78, 5) is 20.4. The maximum Gasteiger partial charge on any atom is 0.227 e. The van der Waals surface area contributed by atoms with Crippen molar-refractivity contribution in [1.82, 2.24) is 9.88 Å². The van der Waals surface area contributed by atoms with Crippen LogP contribution in [0.5, 0.6) is 0 Å². The summed E-state index contributed by atoms with van der Waals surface area (Å²) in [6.07, 6.45) is 7.04. The quantitative estimate of drug-likeness (QED) is 0.601. The van der Waals surface area contributed by atoms with Crippen molar-refractivity contribution in [2.45, 2.75) is 38.0 Å². The highest BCUT2D eigenvalue weighted by Crippen LogP contribution is 2.34. The summed E-state index contributed by atoms with van der Waals surface area (Å²) in [6.45, 7) is 4.10. The summed E-state index contributed by atoms with van der Waals surface area (Å²) < 4.78 is 0. The van der Waals surface area contributed by atoms with Gasteiger partial charge in [0.1, 0.15) is 0 Å². The topological polar surface area (TPSA) is 39.3 Å². The van der Waals surface area contributed by atoms with Crippen molar-refractivity contribution in [2.24, 2.45) is 0 Å². The van der Waals surface area contributed by atoms with Gasteiger partial charge >= 0.3 is 0 Å². The van der Waals surface area contributed by atoms with Crippen LogP contribution in [-0.4, -0.2) is 42.0 Å². The summed E-state index contributed by atoms with van der Waals surface area (Å²) in [5.74, 6) is 0.856. The number of benzene rings is 2. The predicted molar refractivity (Wildman–Crippen MR) is 123 cm³/mol. The van der Waals surface area contributed by atoms with Crippen LogP contribution in [0.15, 0.2) is 48.7 Å². The molecule has 2 aromatic carbocycles. The van der Waals surface area contributed by atoms with Gasteiger partial charge in [0.2, 0.25) is 5.91 Å². The number of carbonyl (C=O) groups excluding carboxylic acids is 1. The van der Waals surface area contributed by atoms with Gasteiger partial charge in [0.25, 0.3) is 0 Å². The maximum absolute atomic E-state index is 12.4. The number of para-hydroxylation sites is 1. The first kappa shape index (κ1) is 19.7. The molecule has 0 radical (unpaired) electrons. The number of hydrogen-bond acceptors (Lipinski definition) is 2. The SMILES string of the molecule is O=C1CCc2ccccc2N1CCCN1CCC(c2c[nH]c3ccc(Cl)cc23)CC1. The lowest BCUT2D eigenvalue weighted by molar-refractivity contribution is -0.118. The Morgan fingerprint density at radius 2 is 1.87 bits per heavy atom. The van der Waals surface area contributed by atoms with E-state index in [1.54, 1.807) is 0 Å². The van der Waals surface area contributed by atoms with E-state index in [1.165, 1.54) is 34.9 Å². The molecule has 1 saturated heterocycles. The molecule has 3 aromatic rings. The number of fused-ring (bicyclic) bond motifs is 2. The van der Waals surface area contributed by atoms with Gasteiger partial charge in [0.05, 0.1) is 0 Å². The number of carbonyl (C=O) groups is 1. The molecule has 1 amide bonds. The number of nitrogens with zero attached hydrogens (tertiary/aromatic N) is 2. The number of piperidine rings is 1. The molecule has 4 nitrogen and oxygen atoms in total. The van der Waals surface area contributed by atoms with E-state index in [0.29, 0.717) is 12.3 Å². The molecule has 0 unspecified atom stereocenters. The van der Waals surface area contributed by atoms with Gasteiger partial charge in [-0.3, -0.25) is 4.79 Å². The van der Waals surface area contributed by atoms with Gasteiger partial charge in [-0.2, -0.15) is 0 Å². The second kappa shape index (κ2) is 8.44. The molecule has 0 atom stereocenters. The van der Waals surface area contributed by atoms with Crippen LogP contribution in [0.25, 0.3) is 10.9 Å². The van der Waals surface area contributed by atoms with E-state index in [2.05, 4.69) is 46.4 Å². The van der Waals surface area contributed by atoms with Crippen molar-refractivity contribution < 1.29 is 4.79 Å². The van der Waals surface area contributed by atoms with Crippen LogP contribution in [0.4, 0.5) is 5.69 Å². The molecule has 5 rings (SSSR count). The molecule has 1 fully saturated rings. The third kappa shape index (κ3) is 3.86. The largest absolute Gasteiger partial charge is 0.361 e. The number of aryl methyl sites for hydroxylation is 1. The lowest BCUT2D eigenvalue weighted by atomic mass is 9.89. The van der Waals surface area contributed by atoms with Crippen LogP contribution in [-0.2, 0) is 11.2 Å². The number of rotatable bonds is 5. The van der Waals surface area contributed by atoms with Crippen molar-refractivity contribution in [2.75, 3.05) is 31.1 Å². The van der Waals surface area contributed by atoms with E-state index in [9.17, 15) is 4.79 Å². The molecule has 1 N–H and O–H groups in total. The Hall–Kier alpha value is -2.30. The lowest BCUT2D eigenvalue weighted by Gasteiger charge is -2.33. The van der Waals surface area contributed by atoms with Crippen molar-refractivity contribution >= 4 is 34.1 Å². The zero-order chi connectivity index (χ0) is 20.5. The first-order valence-corrected chi connectivity index (χ1v) is 11.4. The molecule has 3 heterocycles. The summed E-state index contributed by atoms with van der Waals surface area (Å²) in [5.41, 5.74) is 4.99. The van der Waals surface area contributed by atoms with E-state index >= 15 is 0 Å². The van der Waals surface area contributed by atoms with Gasteiger partial charge in [-0.15, -0.1) is 0 Å². The number of aromatic amines is 1. The van der Waals surface area contributed by atoms with Gasteiger partial charge < -0.3 is 14.8 Å². The highest BCUT2D eigenvalue weighted by Gasteiger charge is 2.25. The Kier molecular flexibility index (Phi) is 5.53. The summed E-state index contributed by atoms with van der Waals surface area (Å²) >= 11 is 6.22. The highest BCUT2D eigenvalue weighted by atomic mass is 35.5. The Bertz CT molecular complexity index is 1050. The van der Waals surface area contributed by atoms with Crippen molar-refractivity contribution in [3.8, 4) is 0 Å². The van der Waals surface area contributed by atoms with Crippen LogP contribution in [0.2, 0.25) is 5.02 Å². The molecule has 0 bridgehead atoms. The molecule has 0 saturated carbocycles. The third-order valence-electron chi connectivity index (χ3n) is 6.75. The summed E-state index contributed by atoms with van der Waals surface area (Å²) in [7, 11) is 0. The number of halogens is 1. The fourth-order valence-corrected chi connectivity index (χ4v) is 5.29. The molecule has 156 valence electrons. The van der Waals surface area contributed by atoms with Crippen molar-refractivity contribution in [1.29, 1.82) is 0 Å². The average molecular weight is 422 g/mol. The van der Waals surface area contributed by atoms with Gasteiger partial charge in [0, 0.05) is 40.8 Å². The Morgan fingerprint density at radius 1 is 1.03 bits per heavy atom. The first-order valence-electron chi connectivity index (χ1n) is 11.1. The van der Waals surface area contributed by atoms with Gasteiger partial charge in [-0.1, -0.05) is 29.8 Å². The lowest BCUT2D eigenvalue weighted by Crippen LogP contribution is -2.39. The van der Waals surface area contributed by atoms with E-state index < -0.39 is 0 Å². The molecule has 0 spiro atoms. The van der Waals surface area contributed by atoms with Crippen molar-refractivity contribution in [3.05, 3.63) is 64.8 Å². The van der Waals surface area contributed by atoms with E-state index in [-0.39, 0.29) is 5.91 Å². The van der Waals surface area contributed by atoms with E-state index in [4.69, 9.17) is 11.6 Å². The average Bonchev–Trinajstić information content (AvgIpc) is 3.19. The number of H-pyrrole nitrogens is 1. The number of amides is 1. The first-order chi connectivity index (χ1) is 14.7. The van der Waals surface area contributed by atoms with E-state index in [0.717, 1.165) is 49.7 Å². The normalized spacial score (nSPS) is 18.2. The molecule has 2 aliphatic heterocycles. The molecule has 0 aliphatic carbocycles. The van der Waals surface area contributed by atoms with Crippen molar-refractivity contribution in [3.63, 3.8) is 0 Å². The zero-order valence-corrected chi connectivity index (χ0v) is 18.0. The number of aromatic nitrogens is 1. The van der Waals surface area contributed by atoms with Gasteiger partial charge in [0.15, 0.2) is 0 Å². The Morgan fingerprint density at radius 3 is 2.73 bits per heavy atom. The van der Waals surface area contributed by atoms with Crippen LogP contribution in [0, 0.1) is 0 Å². The summed E-state index contributed by atoms with van der Waals surface area (Å²) in [6, 6.07) is 14.4. The molecule has 2 aliphatic rings. The second-order valence-electron chi connectivity index (χ2n) is 8.58. The fourth-order valence-electron chi connectivity index (χ4n) is 5.11. The minimum absolute atomic E-state index is 0.269. The minimum Gasteiger partial charge on any atom is -0.361 e. The number of nitrogens with one attached hydrogen (secondary N) is 1. The predicted octanol–water partition coefficient (Wildman–Crippen LogP) is 5.37. The zero-order valence-electron chi connectivity index (χ0n) is 17.2. The third-order valence-corrected chi connectivity index (χ3v) is 6.99. The second-order valence-corrected chi connectivity index (χ2v) is 9.01. The van der Waals surface area contributed by atoms with Crippen LogP contribution in [0.1, 0.15) is 42.7 Å². The number of anilines is 1. The molecule has 5 heteroatoms.